The van der Waals surface area contributed by atoms with Crippen LogP contribution in [0.4, 0.5) is 0 Å². The molecule has 1 aromatic carbocycles. The first-order valence-corrected chi connectivity index (χ1v) is 6.67. The van der Waals surface area contributed by atoms with Crippen LogP contribution in [-0.2, 0) is 0 Å². The van der Waals surface area contributed by atoms with Crippen molar-refractivity contribution in [2.45, 2.75) is 19.8 Å². The molecule has 104 valence electrons. The third-order valence-corrected chi connectivity index (χ3v) is 3.70. The topological polar surface area (TPSA) is 38.8 Å². The van der Waals surface area contributed by atoms with Gasteiger partial charge in [-0.05, 0) is 30.9 Å². The first kappa shape index (κ1) is 13.7. The van der Waals surface area contributed by atoms with Crippen LogP contribution in [0.25, 0.3) is 0 Å². The maximum Gasteiger partial charge on any atom is 0.257 e. The lowest BCUT2D eigenvalue weighted by Crippen LogP contribution is -2.38. The molecule has 0 unspecified atom stereocenters. The average molecular weight is 263 g/mol. The second-order valence-corrected chi connectivity index (χ2v) is 5.02. The van der Waals surface area contributed by atoms with Crippen LogP contribution in [0, 0.1) is 5.92 Å². The Kier molecular flexibility index (Phi) is 4.30. The summed E-state index contributed by atoms with van der Waals surface area (Å²) in [5, 5.41) is 0. The van der Waals surface area contributed by atoms with Crippen LogP contribution in [0.2, 0.25) is 0 Å². The summed E-state index contributed by atoms with van der Waals surface area (Å²) in [6.45, 7) is 3.87. The molecule has 4 nitrogen and oxygen atoms in total. The van der Waals surface area contributed by atoms with Gasteiger partial charge in [-0.3, -0.25) is 4.79 Å². The lowest BCUT2D eigenvalue weighted by atomic mass is 9.98. The fourth-order valence-corrected chi connectivity index (χ4v) is 2.44. The fourth-order valence-electron chi connectivity index (χ4n) is 2.44. The van der Waals surface area contributed by atoms with Crippen LogP contribution < -0.4 is 9.47 Å². The van der Waals surface area contributed by atoms with Crippen LogP contribution in [0.5, 0.6) is 11.5 Å². The molecule has 1 aliphatic rings. The van der Waals surface area contributed by atoms with Crippen LogP contribution in [-0.4, -0.2) is 38.1 Å². The van der Waals surface area contributed by atoms with Crippen LogP contribution in [0.15, 0.2) is 18.2 Å². The van der Waals surface area contributed by atoms with Crippen molar-refractivity contribution in [1.29, 1.82) is 0 Å². The SMILES string of the molecule is COc1cccc(C(=O)N2CCC(C)CC2)c1OC. The Balaban J connectivity index is 2.23. The molecule has 19 heavy (non-hydrogen) atoms. The standard InChI is InChI=1S/C15H21NO3/c1-11-7-9-16(10-8-11)15(17)12-5-4-6-13(18-2)14(12)19-3/h4-6,11H,7-10H2,1-3H3. The summed E-state index contributed by atoms with van der Waals surface area (Å²) in [6, 6.07) is 5.41. The van der Waals surface area contributed by atoms with Crippen molar-refractivity contribution < 1.29 is 14.3 Å². The van der Waals surface area contributed by atoms with E-state index < -0.39 is 0 Å². The number of nitrogens with zero attached hydrogens (tertiary/aromatic N) is 1. The lowest BCUT2D eigenvalue weighted by Gasteiger charge is -2.30. The first-order valence-electron chi connectivity index (χ1n) is 6.67. The second kappa shape index (κ2) is 5.95. The molecule has 0 bridgehead atoms. The Bertz CT molecular complexity index is 451. The van der Waals surface area contributed by atoms with E-state index in [9.17, 15) is 4.79 Å². The van der Waals surface area contributed by atoms with Gasteiger partial charge in [-0.1, -0.05) is 13.0 Å². The molecule has 1 aliphatic heterocycles. The van der Waals surface area contributed by atoms with Gasteiger partial charge in [0.2, 0.25) is 0 Å². The highest BCUT2D eigenvalue weighted by molar-refractivity contribution is 5.97. The number of ether oxygens (including phenoxy) is 2. The molecular formula is C15H21NO3. The molecule has 0 radical (unpaired) electrons. The molecule has 0 aromatic heterocycles. The van der Waals surface area contributed by atoms with Gasteiger partial charge in [-0.2, -0.15) is 0 Å². The minimum Gasteiger partial charge on any atom is -0.493 e. The number of hydrogen-bond donors (Lipinski definition) is 0. The summed E-state index contributed by atoms with van der Waals surface area (Å²) in [7, 11) is 3.14. The average Bonchev–Trinajstić information content (AvgIpc) is 2.46. The van der Waals surface area contributed by atoms with Crippen molar-refractivity contribution >= 4 is 5.91 Å². The largest absolute Gasteiger partial charge is 0.493 e. The molecule has 0 atom stereocenters. The quantitative estimate of drug-likeness (QED) is 0.841. The number of amides is 1. The van der Waals surface area contributed by atoms with E-state index in [1.807, 2.05) is 11.0 Å². The molecular weight excluding hydrogens is 242 g/mol. The van der Waals surface area contributed by atoms with Gasteiger partial charge in [0.25, 0.3) is 5.91 Å². The monoisotopic (exact) mass is 263 g/mol. The maximum absolute atomic E-state index is 12.5. The van der Waals surface area contributed by atoms with Gasteiger partial charge in [-0.15, -0.1) is 0 Å². The Labute approximate surface area is 114 Å². The third kappa shape index (κ3) is 2.83. The van der Waals surface area contributed by atoms with Crippen molar-refractivity contribution in [3.63, 3.8) is 0 Å². The first-order chi connectivity index (χ1) is 9.17. The molecule has 0 saturated carbocycles. The van der Waals surface area contributed by atoms with Crippen LogP contribution in [0.1, 0.15) is 30.1 Å². The zero-order valence-corrected chi connectivity index (χ0v) is 11.8. The maximum atomic E-state index is 12.5. The molecule has 4 heteroatoms. The number of rotatable bonds is 3. The van der Waals surface area contributed by atoms with E-state index in [4.69, 9.17) is 9.47 Å². The molecule has 1 heterocycles. The molecule has 0 spiro atoms. The molecule has 2 rings (SSSR count). The highest BCUT2D eigenvalue weighted by atomic mass is 16.5. The summed E-state index contributed by atoms with van der Waals surface area (Å²) in [4.78, 5) is 14.4. The predicted octanol–water partition coefficient (Wildman–Crippen LogP) is 2.58. The summed E-state index contributed by atoms with van der Waals surface area (Å²) in [6.07, 6.45) is 2.13. The number of likely N-dealkylation sites (tertiary alicyclic amines) is 1. The van der Waals surface area contributed by atoms with Crippen molar-refractivity contribution in [3.8, 4) is 11.5 Å². The van der Waals surface area contributed by atoms with E-state index in [1.54, 1.807) is 26.4 Å². The van der Waals surface area contributed by atoms with Crippen molar-refractivity contribution in [1.82, 2.24) is 4.90 Å². The summed E-state index contributed by atoms with van der Waals surface area (Å²) >= 11 is 0. The Hall–Kier alpha value is -1.71. The van der Waals surface area contributed by atoms with Crippen molar-refractivity contribution in [2.75, 3.05) is 27.3 Å². The minimum atomic E-state index is 0.0302. The van der Waals surface area contributed by atoms with Gasteiger partial charge in [0.05, 0.1) is 19.8 Å². The number of hydrogen-bond acceptors (Lipinski definition) is 3. The van der Waals surface area contributed by atoms with Crippen molar-refractivity contribution in [2.24, 2.45) is 5.92 Å². The van der Waals surface area contributed by atoms with E-state index >= 15 is 0 Å². The highest BCUT2D eigenvalue weighted by Gasteiger charge is 2.24. The number of benzene rings is 1. The van der Waals surface area contributed by atoms with E-state index in [2.05, 4.69) is 6.92 Å². The number of carbonyl (C=O) groups excluding carboxylic acids is 1. The van der Waals surface area contributed by atoms with E-state index in [1.165, 1.54) is 0 Å². The summed E-state index contributed by atoms with van der Waals surface area (Å²) < 4.78 is 10.6. The van der Waals surface area contributed by atoms with Crippen molar-refractivity contribution in [3.05, 3.63) is 23.8 Å². The Morgan fingerprint density at radius 2 is 1.89 bits per heavy atom. The van der Waals surface area contributed by atoms with Gasteiger partial charge in [-0.25, -0.2) is 0 Å². The van der Waals surface area contributed by atoms with Gasteiger partial charge in [0, 0.05) is 13.1 Å². The molecule has 0 aliphatic carbocycles. The van der Waals surface area contributed by atoms with Gasteiger partial charge < -0.3 is 14.4 Å². The molecule has 0 N–H and O–H groups in total. The normalized spacial score (nSPS) is 16.3. The zero-order valence-electron chi connectivity index (χ0n) is 11.8. The number of piperidine rings is 1. The highest BCUT2D eigenvalue weighted by Crippen LogP contribution is 2.32. The summed E-state index contributed by atoms with van der Waals surface area (Å²) in [5.41, 5.74) is 0.580. The second-order valence-electron chi connectivity index (χ2n) is 5.02. The third-order valence-electron chi connectivity index (χ3n) is 3.70. The predicted molar refractivity (Wildman–Crippen MR) is 73.8 cm³/mol. The van der Waals surface area contributed by atoms with E-state index in [-0.39, 0.29) is 5.91 Å². The van der Waals surface area contributed by atoms with E-state index in [0.717, 1.165) is 25.9 Å². The molecule has 1 fully saturated rings. The molecule has 1 saturated heterocycles. The van der Waals surface area contributed by atoms with Gasteiger partial charge >= 0.3 is 0 Å². The minimum absolute atomic E-state index is 0.0302. The Morgan fingerprint density at radius 1 is 1.21 bits per heavy atom. The number of para-hydroxylation sites is 1. The molecule has 1 aromatic rings. The number of methoxy groups -OCH3 is 2. The smallest absolute Gasteiger partial charge is 0.257 e. The summed E-state index contributed by atoms with van der Waals surface area (Å²) in [5.74, 6) is 1.85. The van der Waals surface area contributed by atoms with Crippen LogP contribution >= 0.6 is 0 Å². The lowest BCUT2D eigenvalue weighted by molar-refractivity contribution is 0.0693. The Morgan fingerprint density at radius 3 is 2.47 bits per heavy atom. The fraction of sp³-hybridized carbons (Fsp3) is 0.533. The van der Waals surface area contributed by atoms with Gasteiger partial charge in [0.1, 0.15) is 0 Å². The van der Waals surface area contributed by atoms with Crippen LogP contribution in [0.3, 0.4) is 0 Å². The van der Waals surface area contributed by atoms with Gasteiger partial charge in [0.15, 0.2) is 11.5 Å². The molecule has 1 amide bonds. The number of carbonyl (C=O) groups is 1. The van der Waals surface area contributed by atoms with E-state index in [0.29, 0.717) is 23.0 Å². The zero-order chi connectivity index (χ0) is 13.8.